The highest BCUT2D eigenvalue weighted by atomic mass is 16.2. The van der Waals surface area contributed by atoms with E-state index in [0.717, 1.165) is 17.1 Å². The fraction of sp³-hybridized carbons (Fsp3) is 0.300. The number of carbonyl (C=O) groups excluding carboxylic acids is 1. The Labute approximate surface area is 172 Å². The third-order valence-electron chi connectivity index (χ3n) is 5.44. The van der Waals surface area contributed by atoms with Gasteiger partial charge in [-0.3, -0.25) is 14.5 Å². The van der Waals surface area contributed by atoms with E-state index in [9.17, 15) is 4.79 Å². The number of rotatable bonds is 4. The van der Waals surface area contributed by atoms with Crippen molar-refractivity contribution in [2.45, 2.75) is 13.0 Å². The van der Waals surface area contributed by atoms with Crippen molar-refractivity contribution in [1.82, 2.24) is 39.5 Å². The van der Waals surface area contributed by atoms with Crippen LogP contribution >= 0.6 is 0 Å². The highest BCUT2D eigenvalue weighted by Gasteiger charge is 2.34. The predicted molar refractivity (Wildman–Crippen MR) is 110 cm³/mol. The molecule has 0 aromatic carbocycles. The average Bonchev–Trinajstić information content (AvgIpc) is 3.29. The number of pyridine rings is 1. The Bertz CT molecular complexity index is 1220. The smallest absolute Gasteiger partial charge is 0.272 e. The number of anilines is 1. The summed E-state index contributed by atoms with van der Waals surface area (Å²) < 4.78 is 3.36. The van der Waals surface area contributed by atoms with Gasteiger partial charge >= 0.3 is 0 Å². The summed E-state index contributed by atoms with van der Waals surface area (Å²) in [6.45, 7) is 3.30. The first kappa shape index (κ1) is 18.2. The third-order valence-corrected chi connectivity index (χ3v) is 5.44. The van der Waals surface area contributed by atoms with Gasteiger partial charge in [0.1, 0.15) is 11.5 Å². The molecule has 1 saturated heterocycles. The zero-order chi connectivity index (χ0) is 20.8. The summed E-state index contributed by atoms with van der Waals surface area (Å²) in [6.07, 6.45) is 3.46. The van der Waals surface area contributed by atoms with Crippen LogP contribution in [0.15, 0.2) is 42.7 Å². The van der Waals surface area contributed by atoms with Gasteiger partial charge in [-0.1, -0.05) is 0 Å². The molecule has 10 nitrogen and oxygen atoms in total. The summed E-state index contributed by atoms with van der Waals surface area (Å²) >= 11 is 0. The molecule has 0 aliphatic carbocycles. The van der Waals surface area contributed by atoms with E-state index < -0.39 is 0 Å². The molecule has 10 heteroatoms. The summed E-state index contributed by atoms with van der Waals surface area (Å²) in [5.74, 6) is 1.45. The number of fused-ring (bicyclic) bond motifs is 1. The molecule has 152 valence electrons. The van der Waals surface area contributed by atoms with Crippen molar-refractivity contribution in [2.75, 3.05) is 25.0 Å². The molecule has 1 aliphatic heterocycles. The van der Waals surface area contributed by atoms with Gasteiger partial charge in [0.25, 0.3) is 5.91 Å². The number of amides is 1. The van der Waals surface area contributed by atoms with Crippen LogP contribution in [0.1, 0.15) is 16.2 Å². The molecule has 0 spiro atoms. The van der Waals surface area contributed by atoms with E-state index >= 15 is 0 Å². The minimum absolute atomic E-state index is 0.0242. The Hall–Kier alpha value is -3.82. The second kappa shape index (κ2) is 6.90. The first-order valence-electron chi connectivity index (χ1n) is 9.67. The normalized spacial score (nSPS) is 14.2. The number of aromatic nitrogens is 7. The van der Waals surface area contributed by atoms with Gasteiger partial charge in [0, 0.05) is 45.1 Å². The Balaban J connectivity index is 1.33. The van der Waals surface area contributed by atoms with Crippen LogP contribution in [0, 0.1) is 6.92 Å². The van der Waals surface area contributed by atoms with Crippen molar-refractivity contribution < 1.29 is 4.79 Å². The van der Waals surface area contributed by atoms with Crippen molar-refractivity contribution in [3.05, 3.63) is 54.1 Å². The number of likely N-dealkylation sites (N-methyl/N-ethyl adjacent to an activating group) is 1. The molecule has 1 amide bonds. The predicted octanol–water partition coefficient (Wildman–Crippen LogP) is 1.19. The van der Waals surface area contributed by atoms with E-state index in [-0.39, 0.29) is 11.9 Å². The van der Waals surface area contributed by atoms with Gasteiger partial charge in [-0.2, -0.15) is 9.61 Å². The maximum absolute atomic E-state index is 12.8. The molecule has 0 unspecified atom stereocenters. The molecular formula is C20H21N9O. The number of nitrogens with zero attached hydrogens (tertiary/aromatic N) is 9. The van der Waals surface area contributed by atoms with E-state index in [1.54, 1.807) is 33.5 Å². The lowest BCUT2D eigenvalue weighted by molar-refractivity contribution is 0.0694. The average molecular weight is 403 g/mol. The molecule has 5 rings (SSSR count). The number of carbonyl (C=O) groups is 1. The number of hydrogen-bond donors (Lipinski definition) is 0. The quantitative estimate of drug-likeness (QED) is 0.505. The van der Waals surface area contributed by atoms with E-state index in [0.29, 0.717) is 30.3 Å². The first-order valence-corrected chi connectivity index (χ1v) is 9.67. The van der Waals surface area contributed by atoms with Crippen molar-refractivity contribution in [2.24, 2.45) is 7.05 Å². The Morgan fingerprint density at radius 1 is 1.17 bits per heavy atom. The van der Waals surface area contributed by atoms with Crippen LogP contribution in [-0.4, -0.2) is 71.6 Å². The lowest BCUT2D eigenvalue weighted by Crippen LogP contribution is -2.60. The number of aryl methyl sites for hydroxylation is 2. The maximum atomic E-state index is 12.8. The summed E-state index contributed by atoms with van der Waals surface area (Å²) in [6, 6.07) is 9.55. The molecule has 0 N–H and O–H groups in total. The second-order valence-corrected chi connectivity index (χ2v) is 7.50. The summed E-state index contributed by atoms with van der Waals surface area (Å²) in [7, 11) is 3.63. The molecule has 4 aromatic heterocycles. The van der Waals surface area contributed by atoms with Gasteiger partial charge in [0.05, 0.1) is 11.7 Å². The summed E-state index contributed by atoms with van der Waals surface area (Å²) in [4.78, 5) is 20.9. The standard InChI is InChI=1S/C20H21N9O/c1-13-9-16(27(3)24-13)20(30)26(2)15-11-28(12-15)18-7-6-17-22-23-19(29(17)25-18)14-5-4-8-21-10-14/h4-10,15H,11-12H2,1-3H3. The topological polar surface area (TPSA) is 97.3 Å². The minimum Gasteiger partial charge on any atom is -0.351 e. The molecule has 0 bridgehead atoms. The van der Waals surface area contributed by atoms with E-state index in [2.05, 4.69) is 25.2 Å². The Kier molecular flexibility index (Phi) is 4.19. The second-order valence-electron chi connectivity index (χ2n) is 7.50. The highest BCUT2D eigenvalue weighted by molar-refractivity contribution is 5.93. The minimum atomic E-state index is -0.0242. The molecule has 4 aromatic rings. The van der Waals surface area contributed by atoms with Crippen molar-refractivity contribution in [1.29, 1.82) is 0 Å². The van der Waals surface area contributed by atoms with Crippen LogP contribution in [0.5, 0.6) is 0 Å². The van der Waals surface area contributed by atoms with Gasteiger partial charge < -0.3 is 9.80 Å². The zero-order valence-corrected chi connectivity index (χ0v) is 17.0. The largest absolute Gasteiger partial charge is 0.351 e. The van der Waals surface area contributed by atoms with Crippen LogP contribution in [0.25, 0.3) is 17.0 Å². The van der Waals surface area contributed by atoms with Gasteiger partial charge in [0.15, 0.2) is 11.5 Å². The molecule has 5 heterocycles. The van der Waals surface area contributed by atoms with Crippen molar-refractivity contribution in [3.8, 4) is 11.4 Å². The van der Waals surface area contributed by atoms with Crippen LogP contribution in [0.2, 0.25) is 0 Å². The molecule has 30 heavy (non-hydrogen) atoms. The fourth-order valence-electron chi connectivity index (χ4n) is 3.67. The maximum Gasteiger partial charge on any atom is 0.272 e. The van der Waals surface area contributed by atoms with Crippen LogP contribution in [0.3, 0.4) is 0 Å². The van der Waals surface area contributed by atoms with E-state index in [1.165, 1.54) is 0 Å². The molecule has 0 saturated carbocycles. The van der Waals surface area contributed by atoms with E-state index in [4.69, 9.17) is 5.10 Å². The highest BCUT2D eigenvalue weighted by Crippen LogP contribution is 2.24. The van der Waals surface area contributed by atoms with Crippen LogP contribution < -0.4 is 4.90 Å². The summed E-state index contributed by atoms with van der Waals surface area (Å²) in [5, 5.41) is 17.4. The fourth-order valence-corrected chi connectivity index (χ4v) is 3.67. The Morgan fingerprint density at radius 2 is 2.00 bits per heavy atom. The molecule has 1 aliphatic rings. The number of hydrogen-bond acceptors (Lipinski definition) is 7. The van der Waals surface area contributed by atoms with Crippen LogP contribution in [-0.2, 0) is 7.05 Å². The molecule has 1 fully saturated rings. The lowest BCUT2D eigenvalue weighted by Gasteiger charge is -2.44. The monoisotopic (exact) mass is 403 g/mol. The molecule has 0 atom stereocenters. The Morgan fingerprint density at radius 3 is 2.70 bits per heavy atom. The van der Waals surface area contributed by atoms with Gasteiger partial charge in [-0.25, -0.2) is 0 Å². The van der Waals surface area contributed by atoms with Crippen LogP contribution in [0.4, 0.5) is 5.82 Å². The van der Waals surface area contributed by atoms with Gasteiger partial charge in [-0.15, -0.1) is 15.3 Å². The molecule has 0 radical (unpaired) electrons. The van der Waals surface area contributed by atoms with Crippen molar-refractivity contribution >= 4 is 17.4 Å². The zero-order valence-electron chi connectivity index (χ0n) is 17.0. The molecular weight excluding hydrogens is 382 g/mol. The SMILES string of the molecule is Cc1cc(C(=O)N(C)C2CN(c3ccc4nnc(-c5cccnc5)n4n3)C2)n(C)n1. The van der Waals surface area contributed by atoms with E-state index in [1.807, 2.05) is 44.3 Å². The third kappa shape index (κ3) is 2.97. The lowest BCUT2D eigenvalue weighted by atomic mass is 10.1. The van der Waals surface area contributed by atoms with Gasteiger partial charge in [0.2, 0.25) is 0 Å². The van der Waals surface area contributed by atoms with Gasteiger partial charge in [-0.05, 0) is 37.3 Å². The first-order chi connectivity index (χ1) is 14.5. The van der Waals surface area contributed by atoms with Crippen molar-refractivity contribution in [3.63, 3.8) is 0 Å². The summed E-state index contributed by atoms with van der Waals surface area (Å²) in [5.41, 5.74) is 2.96.